The Morgan fingerprint density at radius 1 is 1.20 bits per heavy atom. The van der Waals surface area contributed by atoms with Gasteiger partial charge in [0.05, 0.1) is 23.5 Å². The van der Waals surface area contributed by atoms with E-state index in [1.165, 1.54) is 16.3 Å². The van der Waals surface area contributed by atoms with Crippen molar-refractivity contribution in [3.8, 4) is 5.75 Å². The Kier molecular flexibility index (Phi) is 5.94. The number of esters is 1. The zero-order valence-electron chi connectivity index (χ0n) is 16.3. The van der Waals surface area contributed by atoms with E-state index in [0.29, 0.717) is 29.4 Å². The second kappa shape index (κ2) is 8.96. The second-order valence-electron chi connectivity index (χ2n) is 6.53. The molecule has 1 amide bonds. The number of ether oxygens (including phenoxy) is 2. The topological polar surface area (TPSA) is 81.3 Å². The molecule has 0 unspecified atom stereocenters. The van der Waals surface area contributed by atoms with Crippen LogP contribution >= 0.6 is 11.3 Å². The van der Waals surface area contributed by atoms with Crippen LogP contribution in [-0.4, -0.2) is 35.8 Å². The predicted molar refractivity (Wildman–Crippen MR) is 112 cm³/mol. The van der Waals surface area contributed by atoms with E-state index >= 15 is 0 Å². The summed E-state index contributed by atoms with van der Waals surface area (Å²) in [7, 11) is 0. The van der Waals surface area contributed by atoms with Gasteiger partial charge in [-0.05, 0) is 60.3 Å². The molecule has 154 valence electrons. The van der Waals surface area contributed by atoms with Crippen molar-refractivity contribution in [2.24, 2.45) is 5.10 Å². The smallest absolute Gasteiger partial charge is 0.344 e. The fourth-order valence-corrected chi connectivity index (χ4v) is 3.83. The van der Waals surface area contributed by atoms with Gasteiger partial charge in [0.25, 0.3) is 5.91 Å². The summed E-state index contributed by atoms with van der Waals surface area (Å²) in [4.78, 5) is 25.0. The summed E-state index contributed by atoms with van der Waals surface area (Å²) in [5.41, 5.74) is 1.65. The largest absolute Gasteiger partial charge is 0.482 e. The van der Waals surface area contributed by atoms with Gasteiger partial charge in [-0.3, -0.25) is 4.79 Å². The summed E-state index contributed by atoms with van der Waals surface area (Å²) in [6.07, 6.45) is 2.13. The summed E-state index contributed by atoms with van der Waals surface area (Å²) in [6.45, 7) is 1.92. The van der Waals surface area contributed by atoms with Gasteiger partial charge in [-0.1, -0.05) is 6.07 Å². The predicted octanol–water partition coefficient (Wildman–Crippen LogP) is 4.27. The Bertz CT molecular complexity index is 1030. The van der Waals surface area contributed by atoms with E-state index in [1.807, 2.05) is 29.6 Å². The van der Waals surface area contributed by atoms with Crippen LogP contribution in [0.25, 0.3) is 0 Å². The molecule has 0 saturated heterocycles. The molecular formula is C22H20N2O5S. The molecule has 4 rings (SSSR count). The van der Waals surface area contributed by atoms with Crippen molar-refractivity contribution in [2.75, 3.05) is 13.2 Å². The van der Waals surface area contributed by atoms with E-state index in [9.17, 15) is 9.59 Å². The lowest BCUT2D eigenvalue weighted by atomic mass is 10.0. The molecular weight excluding hydrogens is 404 g/mol. The zero-order chi connectivity index (χ0) is 20.9. The number of furan rings is 1. The Labute approximate surface area is 177 Å². The third-order valence-corrected chi connectivity index (χ3v) is 5.43. The van der Waals surface area contributed by atoms with Gasteiger partial charge in [0.2, 0.25) is 0 Å². The molecule has 7 nitrogen and oxygen atoms in total. The number of thiophene rings is 1. The van der Waals surface area contributed by atoms with Crippen molar-refractivity contribution in [2.45, 2.75) is 19.4 Å². The highest BCUT2D eigenvalue weighted by Gasteiger charge is 2.35. The number of carbonyl (C=O) groups excluding carboxylic acids is 2. The average Bonchev–Trinajstić information content (AvgIpc) is 3.53. The van der Waals surface area contributed by atoms with Crippen LogP contribution in [0.5, 0.6) is 5.75 Å². The van der Waals surface area contributed by atoms with Crippen LogP contribution in [0.4, 0.5) is 0 Å². The first-order chi connectivity index (χ1) is 14.7. The number of amides is 1. The Morgan fingerprint density at radius 3 is 2.70 bits per heavy atom. The van der Waals surface area contributed by atoms with Gasteiger partial charge in [0, 0.05) is 6.42 Å². The SMILES string of the molecule is CCOC(=O)COc1ccc(C2=NN(C(=O)c3cccs3)[C@@H](c3ccco3)C2)cc1. The summed E-state index contributed by atoms with van der Waals surface area (Å²) in [5, 5.41) is 7.97. The van der Waals surface area contributed by atoms with Crippen LogP contribution in [-0.2, 0) is 9.53 Å². The molecule has 0 aliphatic carbocycles. The zero-order valence-corrected chi connectivity index (χ0v) is 17.1. The number of rotatable bonds is 7. The van der Waals surface area contributed by atoms with Crippen LogP contribution in [0.1, 0.15) is 40.4 Å². The van der Waals surface area contributed by atoms with Gasteiger partial charge in [0.1, 0.15) is 17.6 Å². The third kappa shape index (κ3) is 4.28. The lowest BCUT2D eigenvalue weighted by Gasteiger charge is -2.18. The first kappa shape index (κ1) is 19.9. The summed E-state index contributed by atoms with van der Waals surface area (Å²) in [5.74, 6) is 0.675. The minimum absolute atomic E-state index is 0.141. The van der Waals surface area contributed by atoms with Crippen LogP contribution in [0.3, 0.4) is 0 Å². The monoisotopic (exact) mass is 424 g/mol. The van der Waals surface area contributed by atoms with Crippen LogP contribution in [0, 0.1) is 0 Å². The van der Waals surface area contributed by atoms with Gasteiger partial charge in [-0.15, -0.1) is 11.3 Å². The van der Waals surface area contributed by atoms with Crippen molar-refractivity contribution in [1.29, 1.82) is 0 Å². The van der Waals surface area contributed by atoms with Crippen molar-refractivity contribution < 1.29 is 23.5 Å². The molecule has 0 radical (unpaired) electrons. The van der Waals surface area contributed by atoms with Crippen LogP contribution in [0.15, 0.2) is 69.7 Å². The standard InChI is InChI=1S/C22H20N2O5S/c1-2-27-21(25)14-29-16-9-7-15(8-10-16)17-13-18(19-5-3-11-28-19)24(23-17)22(26)20-6-4-12-30-20/h3-12,18H,2,13-14H2,1H3/t18-/m1/s1. The first-order valence-electron chi connectivity index (χ1n) is 9.52. The van der Waals surface area contributed by atoms with E-state index in [2.05, 4.69) is 5.10 Å². The molecule has 30 heavy (non-hydrogen) atoms. The van der Waals surface area contributed by atoms with Crippen molar-refractivity contribution in [3.05, 3.63) is 76.4 Å². The van der Waals surface area contributed by atoms with E-state index in [0.717, 1.165) is 11.3 Å². The number of hydrogen-bond donors (Lipinski definition) is 0. The molecule has 0 spiro atoms. The molecule has 2 aromatic heterocycles. The van der Waals surface area contributed by atoms with Crippen LogP contribution in [0.2, 0.25) is 0 Å². The third-order valence-electron chi connectivity index (χ3n) is 4.57. The van der Waals surface area contributed by atoms with Gasteiger partial charge in [-0.25, -0.2) is 9.80 Å². The van der Waals surface area contributed by atoms with E-state index in [-0.39, 0.29) is 18.6 Å². The van der Waals surface area contributed by atoms with E-state index in [1.54, 1.807) is 37.5 Å². The summed E-state index contributed by atoms with van der Waals surface area (Å²) in [6, 6.07) is 14.2. The highest BCUT2D eigenvalue weighted by Crippen LogP contribution is 2.35. The number of benzene rings is 1. The normalized spacial score (nSPS) is 15.7. The molecule has 8 heteroatoms. The van der Waals surface area contributed by atoms with Crippen molar-refractivity contribution in [1.82, 2.24) is 5.01 Å². The average molecular weight is 424 g/mol. The number of nitrogens with zero attached hydrogens (tertiary/aromatic N) is 2. The minimum Gasteiger partial charge on any atom is -0.482 e. The number of carbonyl (C=O) groups is 2. The Morgan fingerprint density at radius 2 is 2.03 bits per heavy atom. The highest BCUT2D eigenvalue weighted by atomic mass is 32.1. The van der Waals surface area contributed by atoms with Crippen LogP contribution < -0.4 is 4.74 Å². The minimum atomic E-state index is -0.411. The number of hydrazone groups is 1. The summed E-state index contributed by atoms with van der Waals surface area (Å²) >= 11 is 1.38. The fourth-order valence-electron chi connectivity index (χ4n) is 3.18. The maximum atomic E-state index is 13.0. The quantitative estimate of drug-likeness (QED) is 0.529. The maximum absolute atomic E-state index is 13.0. The van der Waals surface area contributed by atoms with Gasteiger partial charge in [-0.2, -0.15) is 5.10 Å². The maximum Gasteiger partial charge on any atom is 0.344 e. The van der Waals surface area contributed by atoms with E-state index in [4.69, 9.17) is 13.9 Å². The molecule has 1 atom stereocenters. The van der Waals surface area contributed by atoms with Gasteiger partial charge >= 0.3 is 5.97 Å². The molecule has 0 bridgehead atoms. The highest BCUT2D eigenvalue weighted by molar-refractivity contribution is 7.12. The fraction of sp³-hybridized carbons (Fsp3) is 0.227. The molecule has 1 aromatic carbocycles. The Balaban J connectivity index is 1.52. The molecule has 0 fully saturated rings. The van der Waals surface area contributed by atoms with Gasteiger partial charge < -0.3 is 13.9 Å². The lowest BCUT2D eigenvalue weighted by molar-refractivity contribution is -0.145. The molecule has 3 heterocycles. The van der Waals surface area contributed by atoms with Crippen molar-refractivity contribution in [3.63, 3.8) is 0 Å². The first-order valence-corrected chi connectivity index (χ1v) is 10.4. The molecule has 3 aromatic rings. The van der Waals surface area contributed by atoms with Crippen molar-refractivity contribution >= 4 is 28.9 Å². The summed E-state index contributed by atoms with van der Waals surface area (Å²) < 4.78 is 15.9. The lowest BCUT2D eigenvalue weighted by Crippen LogP contribution is -2.26. The molecule has 0 N–H and O–H groups in total. The molecule has 1 aliphatic heterocycles. The molecule has 1 aliphatic rings. The van der Waals surface area contributed by atoms with Gasteiger partial charge in [0.15, 0.2) is 6.61 Å². The number of hydrogen-bond acceptors (Lipinski definition) is 7. The second-order valence-corrected chi connectivity index (χ2v) is 7.47. The van der Waals surface area contributed by atoms with E-state index < -0.39 is 5.97 Å². The Hall–Kier alpha value is -3.39. The molecule has 0 saturated carbocycles.